The normalized spacial score (nSPS) is 17.7. The molecule has 3 aromatic heterocycles. The highest BCUT2D eigenvalue weighted by molar-refractivity contribution is 6.29. The lowest BCUT2D eigenvalue weighted by atomic mass is 9.94. The minimum atomic E-state index is -0.513. The van der Waals surface area contributed by atoms with Crippen molar-refractivity contribution in [1.82, 2.24) is 29.3 Å². The zero-order valence-electron chi connectivity index (χ0n) is 17.1. The SMILES string of the molecule is Cn1cc(-c2cnn3c(Cl)cc(C4CCCN(C(=O)OC(C)(C)C)C4)nc23)cn1. The number of nitrogens with zero attached hydrogens (tertiary/aromatic N) is 6. The number of aryl methyl sites for hydroxylation is 1. The summed E-state index contributed by atoms with van der Waals surface area (Å²) in [7, 11) is 1.87. The molecule has 0 spiro atoms. The fourth-order valence-electron chi connectivity index (χ4n) is 3.63. The Labute approximate surface area is 174 Å². The number of hydrogen-bond donors (Lipinski definition) is 0. The van der Waals surface area contributed by atoms with Crippen molar-refractivity contribution in [1.29, 1.82) is 0 Å². The van der Waals surface area contributed by atoms with Crippen molar-refractivity contribution in [3.05, 3.63) is 35.5 Å². The molecule has 3 aromatic rings. The second-order valence-electron chi connectivity index (χ2n) is 8.47. The highest BCUT2D eigenvalue weighted by atomic mass is 35.5. The van der Waals surface area contributed by atoms with Gasteiger partial charge in [-0.15, -0.1) is 0 Å². The Hall–Kier alpha value is -2.61. The third kappa shape index (κ3) is 4.07. The van der Waals surface area contributed by atoms with Gasteiger partial charge in [0.2, 0.25) is 0 Å². The van der Waals surface area contributed by atoms with Gasteiger partial charge in [-0.2, -0.15) is 10.2 Å². The molecular formula is C20H25ClN6O2. The molecule has 0 aromatic carbocycles. The van der Waals surface area contributed by atoms with E-state index in [1.54, 1.807) is 26.5 Å². The van der Waals surface area contributed by atoms with Crippen LogP contribution in [0.3, 0.4) is 0 Å². The molecule has 1 unspecified atom stereocenters. The predicted molar refractivity (Wildman–Crippen MR) is 110 cm³/mol. The van der Waals surface area contributed by atoms with Crippen molar-refractivity contribution in [2.45, 2.75) is 45.1 Å². The van der Waals surface area contributed by atoms with Crippen LogP contribution >= 0.6 is 11.6 Å². The molecule has 8 nitrogen and oxygen atoms in total. The molecule has 1 aliphatic rings. The van der Waals surface area contributed by atoms with Crippen LogP contribution in [0.4, 0.5) is 4.79 Å². The quantitative estimate of drug-likeness (QED) is 0.592. The van der Waals surface area contributed by atoms with Gasteiger partial charge >= 0.3 is 6.09 Å². The van der Waals surface area contributed by atoms with Crippen molar-refractivity contribution < 1.29 is 9.53 Å². The Bertz CT molecular complexity index is 1050. The first-order valence-electron chi connectivity index (χ1n) is 9.72. The maximum atomic E-state index is 12.5. The standard InChI is InChI=1S/C20H25ClN6O2/c1-20(2,3)29-19(28)26-7-5-6-13(12-26)16-8-17(21)27-18(24-16)15(10-23-27)14-9-22-25(4)11-14/h8-11,13H,5-7,12H2,1-4H3. The van der Waals surface area contributed by atoms with Gasteiger partial charge in [-0.25, -0.2) is 14.3 Å². The second kappa shape index (κ2) is 7.33. The van der Waals surface area contributed by atoms with Crippen molar-refractivity contribution >= 4 is 23.3 Å². The van der Waals surface area contributed by atoms with Gasteiger partial charge in [0.25, 0.3) is 0 Å². The highest BCUT2D eigenvalue weighted by Gasteiger charge is 2.29. The molecule has 29 heavy (non-hydrogen) atoms. The van der Waals surface area contributed by atoms with E-state index >= 15 is 0 Å². The van der Waals surface area contributed by atoms with E-state index in [1.165, 1.54) is 0 Å². The molecule has 1 fully saturated rings. The molecule has 1 amide bonds. The molecule has 0 saturated carbocycles. The Morgan fingerprint density at radius 1 is 1.28 bits per heavy atom. The number of fused-ring (bicyclic) bond motifs is 1. The summed E-state index contributed by atoms with van der Waals surface area (Å²) in [5.74, 6) is 0.0930. The van der Waals surface area contributed by atoms with Crippen LogP contribution in [0.25, 0.3) is 16.8 Å². The number of rotatable bonds is 2. The summed E-state index contributed by atoms with van der Waals surface area (Å²) in [5.41, 5.74) is 2.85. The van der Waals surface area contributed by atoms with E-state index in [9.17, 15) is 4.79 Å². The van der Waals surface area contributed by atoms with E-state index in [4.69, 9.17) is 21.3 Å². The number of carbonyl (C=O) groups excluding carboxylic acids is 1. The number of ether oxygens (including phenoxy) is 1. The van der Waals surface area contributed by atoms with Crippen LogP contribution < -0.4 is 0 Å². The number of amides is 1. The van der Waals surface area contributed by atoms with Crippen LogP contribution in [-0.4, -0.2) is 54.1 Å². The van der Waals surface area contributed by atoms with Gasteiger partial charge < -0.3 is 9.64 Å². The van der Waals surface area contributed by atoms with Crippen LogP contribution in [0.15, 0.2) is 24.7 Å². The molecule has 1 saturated heterocycles. The minimum absolute atomic E-state index is 0.0930. The van der Waals surface area contributed by atoms with Crippen molar-refractivity contribution in [2.75, 3.05) is 13.1 Å². The van der Waals surface area contributed by atoms with Gasteiger partial charge in [0.15, 0.2) is 5.65 Å². The molecule has 9 heteroatoms. The lowest BCUT2D eigenvalue weighted by Gasteiger charge is -2.34. The topological polar surface area (TPSA) is 77.5 Å². The van der Waals surface area contributed by atoms with E-state index in [0.717, 1.165) is 29.7 Å². The number of piperidine rings is 1. The predicted octanol–water partition coefficient (Wildman–Crippen LogP) is 3.90. The lowest BCUT2D eigenvalue weighted by molar-refractivity contribution is 0.0197. The zero-order chi connectivity index (χ0) is 20.8. The average molecular weight is 417 g/mol. The van der Waals surface area contributed by atoms with Crippen molar-refractivity contribution in [3.63, 3.8) is 0 Å². The van der Waals surface area contributed by atoms with E-state index in [2.05, 4.69) is 10.2 Å². The average Bonchev–Trinajstić information content (AvgIpc) is 3.26. The van der Waals surface area contributed by atoms with Gasteiger partial charge in [0, 0.05) is 43.4 Å². The highest BCUT2D eigenvalue weighted by Crippen LogP contribution is 2.31. The van der Waals surface area contributed by atoms with E-state index in [-0.39, 0.29) is 12.0 Å². The fourth-order valence-corrected chi connectivity index (χ4v) is 3.86. The molecule has 0 aliphatic carbocycles. The van der Waals surface area contributed by atoms with E-state index in [0.29, 0.717) is 23.9 Å². The Kier molecular flexibility index (Phi) is 4.98. The van der Waals surface area contributed by atoms with Gasteiger partial charge in [-0.1, -0.05) is 11.6 Å². The monoisotopic (exact) mass is 416 g/mol. The smallest absolute Gasteiger partial charge is 0.410 e. The van der Waals surface area contributed by atoms with Gasteiger partial charge in [0.1, 0.15) is 10.8 Å². The van der Waals surface area contributed by atoms with Crippen LogP contribution in [0.1, 0.15) is 45.2 Å². The Balaban J connectivity index is 1.64. The summed E-state index contributed by atoms with van der Waals surface area (Å²) < 4.78 is 8.91. The number of aromatic nitrogens is 5. The van der Waals surface area contributed by atoms with Crippen LogP contribution in [-0.2, 0) is 11.8 Å². The summed E-state index contributed by atoms with van der Waals surface area (Å²) in [4.78, 5) is 19.1. The number of hydrogen-bond acceptors (Lipinski definition) is 5. The van der Waals surface area contributed by atoms with Crippen LogP contribution in [0.2, 0.25) is 5.15 Å². The van der Waals surface area contributed by atoms with Crippen LogP contribution in [0.5, 0.6) is 0 Å². The molecule has 4 rings (SSSR count). The molecule has 4 heterocycles. The summed E-state index contributed by atoms with van der Waals surface area (Å²) in [6, 6.07) is 1.85. The summed E-state index contributed by atoms with van der Waals surface area (Å²) >= 11 is 6.51. The molecule has 0 radical (unpaired) electrons. The maximum Gasteiger partial charge on any atom is 0.410 e. The van der Waals surface area contributed by atoms with E-state index < -0.39 is 5.60 Å². The third-order valence-electron chi connectivity index (χ3n) is 4.96. The van der Waals surface area contributed by atoms with Gasteiger partial charge in [-0.05, 0) is 39.7 Å². The molecule has 1 aliphatic heterocycles. The van der Waals surface area contributed by atoms with Gasteiger partial charge in [-0.3, -0.25) is 4.68 Å². The summed E-state index contributed by atoms with van der Waals surface area (Å²) in [6.07, 6.45) is 7.00. The van der Waals surface area contributed by atoms with Crippen molar-refractivity contribution in [2.24, 2.45) is 7.05 Å². The first-order chi connectivity index (χ1) is 13.7. The first kappa shape index (κ1) is 19.7. The van der Waals surface area contributed by atoms with Crippen LogP contribution in [0, 0.1) is 0 Å². The van der Waals surface area contributed by atoms with Gasteiger partial charge in [0.05, 0.1) is 18.1 Å². The number of carbonyl (C=O) groups is 1. The molecule has 0 bridgehead atoms. The molecule has 1 atom stereocenters. The minimum Gasteiger partial charge on any atom is -0.444 e. The molecule has 154 valence electrons. The molecule has 0 N–H and O–H groups in total. The largest absolute Gasteiger partial charge is 0.444 e. The Morgan fingerprint density at radius 2 is 2.07 bits per heavy atom. The zero-order valence-corrected chi connectivity index (χ0v) is 17.8. The second-order valence-corrected chi connectivity index (χ2v) is 8.85. The summed E-state index contributed by atoms with van der Waals surface area (Å²) in [5, 5.41) is 9.10. The fraction of sp³-hybridized carbons (Fsp3) is 0.500. The number of halogens is 1. The first-order valence-corrected chi connectivity index (χ1v) is 10.1. The van der Waals surface area contributed by atoms with E-state index in [1.807, 2.05) is 40.1 Å². The Morgan fingerprint density at radius 3 is 2.76 bits per heavy atom. The third-order valence-corrected chi connectivity index (χ3v) is 5.22. The van der Waals surface area contributed by atoms with Crippen molar-refractivity contribution in [3.8, 4) is 11.1 Å². The molecular weight excluding hydrogens is 392 g/mol. The lowest BCUT2D eigenvalue weighted by Crippen LogP contribution is -2.42. The number of likely N-dealkylation sites (tertiary alicyclic amines) is 1. The summed E-state index contributed by atoms with van der Waals surface area (Å²) in [6.45, 7) is 6.88. The maximum absolute atomic E-state index is 12.5.